The van der Waals surface area contributed by atoms with Gasteiger partial charge in [-0.15, -0.1) is 0 Å². The molecule has 1 N–H and O–H groups in total. The van der Waals surface area contributed by atoms with Crippen LogP contribution in [0.3, 0.4) is 0 Å². The zero-order valence-corrected chi connectivity index (χ0v) is 16.8. The normalized spacial score (nSPS) is 16.1. The molecule has 1 aliphatic rings. The second-order valence-corrected chi connectivity index (χ2v) is 7.69. The van der Waals surface area contributed by atoms with E-state index in [-0.39, 0.29) is 12.2 Å². The highest BCUT2D eigenvalue weighted by Crippen LogP contribution is 2.34. The van der Waals surface area contributed by atoms with Crippen LogP contribution in [0.2, 0.25) is 0 Å². The van der Waals surface area contributed by atoms with Crippen LogP contribution in [-0.4, -0.2) is 48.4 Å². The van der Waals surface area contributed by atoms with Gasteiger partial charge in [0, 0.05) is 37.2 Å². The fourth-order valence-electron chi connectivity index (χ4n) is 3.19. The first-order valence-electron chi connectivity index (χ1n) is 8.96. The van der Waals surface area contributed by atoms with E-state index in [2.05, 4.69) is 38.3 Å². The molecule has 2 aromatic rings. The highest BCUT2D eigenvalue weighted by atomic mass is 79.9. The molecule has 0 radical (unpaired) electrons. The summed E-state index contributed by atoms with van der Waals surface area (Å²) < 4.78 is 40.1. The first-order valence-corrected chi connectivity index (χ1v) is 9.76. The predicted molar refractivity (Wildman–Crippen MR) is 106 cm³/mol. The maximum absolute atomic E-state index is 13.0. The standard InChI is InChI=1S/C20H21BrF3N3O/c21-16-7-5-15(6-8-16)13-26-9-11-27(12-10-26)14-19(28)25-18-4-2-1-3-17(18)20(22,23)24/h1-8H,9-14H2,(H,25,28). The number of benzene rings is 2. The molecule has 1 aliphatic heterocycles. The van der Waals surface area contributed by atoms with Crippen molar-refractivity contribution in [3.63, 3.8) is 0 Å². The number of carbonyl (C=O) groups excluding carboxylic acids is 1. The molecule has 0 spiro atoms. The van der Waals surface area contributed by atoms with Crippen LogP contribution in [0, 0.1) is 0 Å². The highest BCUT2D eigenvalue weighted by molar-refractivity contribution is 9.10. The van der Waals surface area contributed by atoms with Crippen LogP contribution in [0.1, 0.15) is 11.1 Å². The highest BCUT2D eigenvalue weighted by Gasteiger charge is 2.33. The third kappa shape index (κ3) is 5.80. The predicted octanol–water partition coefficient (Wildman–Crippen LogP) is 4.22. The van der Waals surface area contributed by atoms with Gasteiger partial charge in [-0.2, -0.15) is 13.2 Å². The summed E-state index contributed by atoms with van der Waals surface area (Å²) in [4.78, 5) is 16.5. The lowest BCUT2D eigenvalue weighted by Gasteiger charge is -2.34. The van der Waals surface area contributed by atoms with Gasteiger partial charge < -0.3 is 5.32 Å². The quantitative estimate of drug-likeness (QED) is 0.732. The Hall–Kier alpha value is -1.90. The van der Waals surface area contributed by atoms with Gasteiger partial charge in [-0.25, -0.2) is 0 Å². The van der Waals surface area contributed by atoms with Crippen LogP contribution in [-0.2, 0) is 17.5 Å². The van der Waals surface area contributed by atoms with Crippen molar-refractivity contribution in [2.24, 2.45) is 0 Å². The smallest absolute Gasteiger partial charge is 0.324 e. The van der Waals surface area contributed by atoms with Gasteiger partial charge in [-0.3, -0.25) is 14.6 Å². The summed E-state index contributed by atoms with van der Waals surface area (Å²) in [6.45, 7) is 3.94. The van der Waals surface area contributed by atoms with E-state index >= 15 is 0 Å². The molecule has 0 aliphatic carbocycles. The Morgan fingerprint density at radius 1 is 0.964 bits per heavy atom. The Balaban J connectivity index is 1.48. The maximum Gasteiger partial charge on any atom is 0.418 e. The van der Waals surface area contributed by atoms with Crippen molar-refractivity contribution in [2.45, 2.75) is 12.7 Å². The number of hydrogen-bond donors (Lipinski definition) is 1. The van der Waals surface area contributed by atoms with Gasteiger partial charge in [-0.05, 0) is 29.8 Å². The number of hydrogen-bond acceptors (Lipinski definition) is 3. The summed E-state index contributed by atoms with van der Waals surface area (Å²) in [5, 5.41) is 2.40. The number of nitrogens with one attached hydrogen (secondary N) is 1. The van der Waals surface area contributed by atoms with Crippen LogP contribution < -0.4 is 5.32 Å². The number of carbonyl (C=O) groups is 1. The van der Waals surface area contributed by atoms with E-state index in [4.69, 9.17) is 0 Å². The first kappa shape index (κ1) is 20.8. The van der Waals surface area contributed by atoms with E-state index in [1.54, 1.807) is 0 Å². The fourth-order valence-corrected chi connectivity index (χ4v) is 3.45. The number of amides is 1. The Labute approximate surface area is 170 Å². The van der Waals surface area contributed by atoms with Gasteiger partial charge in [0.1, 0.15) is 0 Å². The lowest BCUT2D eigenvalue weighted by atomic mass is 10.1. The van der Waals surface area contributed by atoms with Crippen molar-refractivity contribution in [1.29, 1.82) is 0 Å². The van der Waals surface area contributed by atoms with Gasteiger partial charge in [0.05, 0.1) is 17.8 Å². The minimum atomic E-state index is -4.50. The molecule has 1 saturated heterocycles. The summed E-state index contributed by atoms with van der Waals surface area (Å²) in [6, 6.07) is 13.2. The summed E-state index contributed by atoms with van der Waals surface area (Å²) in [7, 11) is 0. The number of para-hydroxylation sites is 1. The molecule has 28 heavy (non-hydrogen) atoms. The number of nitrogens with zero attached hydrogens (tertiary/aromatic N) is 2. The zero-order valence-electron chi connectivity index (χ0n) is 15.2. The summed E-state index contributed by atoms with van der Waals surface area (Å²) >= 11 is 3.42. The van der Waals surface area contributed by atoms with Gasteiger partial charge in [0.2, 0.25) is 5.91 Å². The van der Waals surface area contributed by atoms with Crippen LogP contribution >= 0.6 is 15.9 Å². The molecular formula is C20H21BrF3N3O. The van der Waals surface area contributed by atoms with Crippen LogP contribution in [0.15, 0.2) is 53.0 Å². The Morgan fingerprint density at radius 3 is 2.21 bits per heavy atom. The molecule has 150 valence electrons. The Bertz CT molecular complexity index is 803. The molecule has 2 aromatic carbocycles. The van der Waals surface area contributed by atoms with Gasteiger partial charge in [0.25, 0.3) is 0 Å². The second kappa shape index (κ2) is 9.07. The van der Waals surface area contributed by atoms with E-state index in [0.29, 0.717) is 13.1 Å². The fraction of sp³-hybridized carbons (Fsp3) is 0.350. The van der Waals surface area contributed by atoms with Crippen LogP contribution in [0.5, 0.6) is 0 Å². The largest absolute Gasteiger partial charge is 0.418 e. The third-order valence-electron chi connectivity index (χ3n) is 4.66. The molecule has 1 heterocycles. The average molecular weight is 456 g/mol. The first-order chi connectivity index (χ1) is 13.3. The topological polar surface area (TPSA) is 35.6 Å². The van der Waals surface area contributed by atoms with E-state index in [1.165, 1.54) is 23.8 Å². The monoisotopic (exact) mass is 455 g/mol. The van der Waals surface area contributed by atoms with E-state index in [0.717, 1.165) is 30.2 Å². The van der Waals surface area contributed by atoms with Crippen molar-refractivity contribution in [1.82, 2.24) is 9.80 Å². The average Bonchev–Trinajstić information content (AvgIpc) is 2.65. The molecule has 8 heteroatoms. The van der Waals surface area contributed by atoms with Crippen LogP contribution in [0.4, 0.5) is 18.9 Å². The minimum absolute atomic E-state index is 0.0817. The lowest BCUT2D eigenvalue weighted by molar-refractivity contribution is -0.137. The van der Waals surface area contributed by atoms with Crippen molar-refractivity contribution in [3.05, 3.63) is 64.1 Å². The zero-order chi connectivity index (χ0) is 20.1. The molecular weight excluding hydrogens is 435 g/mol. The molecule has 0 atom stereocenters. The van der Waals surface area contributed by atoms with Gasteiger partial charge >= 0.3 is 6.18 Å². The minimum Gasteiger partial charge on any atom is -0.324 e. The number of rotatable bonds is 5. The SMILES string of the molecule is O=C(CN1CCN(Cc2ccc(Br)cc2)CC1)Nc1ccccc1C(F)(F)F. The lowest BCUT2D eigenvalue weighted by Crippen LogP contribution is -2.48. The van der Waals surface area contributed by atoms with E-state index in [9.17, 15) is 18.0 Å². The molecule has 4 nitrogen and oxygen atoms in total. The van der Waals surface area contributed by atoms with E-state index < -0.39 is 17.6 Å². The number of halogens is 4. The second-order valence-electron chi connectivity index (χ2n) is 6.77. The molecule has 0 bridgehead atoms. The maximum atomic E-state index is 13.0. The Kier molecular flexibility index (Phi) is 6.74. The number of anilines is 1. The number of alkyl halides is 3. The molecule has 1 amide bonds. The van der Waals surface area contributed by atoms with Crippen LogP contribution in [0.25, 0.3) is 0 Å². The van der Waals surface area contributed by atoms with Crippen molar-refractivity contribution >= 4 is 27.5 Å². The third-order valence-corrected chi connectivity index (χ3v) is 5.19. The summed E-state index contributed by atoms with van der Waals surface area (Å²) in [6.07, 6.45) is -4.50. The molecule has 3 rings (SSSR count). The van der Waals surface area contributed by atoms with Crippen molar-refractivity contribution < 1.29 is 18.0 Å². The molecule has 1 fully saturated rings. The van der Waals surface area contributed by atoms with Gasteiger partial charge in [-0.1, -0.05) is 40.2 Å². The summed E-state index contributed by atoms with van der Waals surface area (Å²) in [5.74, 6) is -0.432. The molecule has 0 aromatic heterocycles. The van der Waals surface area contributed by atoms with Crippen molar-refractivity contribution in [2.75, 3.05) is 38.0 Å². The number of piperazine rings is 1. The van der Waals surface area contributed by atoms with E-state index in [1.807, 2.05) is 17.0 Å². The van der Waals surface area contributed by atoms with Crippen molar-refractivity contribution in [3.8, 4) is 0 Å². The van der Waals surface area contributed by atoms with Gasteiger partial charge in [0.15, 0.2) is 0 Å². The Morgan fingerprint density at radius 2 is 1.57 bits per heavy atom. The molecule has 0 saturated carbocycles. The summed E-state index contributed by atoms with van der Waals surface area (Å²) in [5.41, 5.74) is 0.190. The molecule has 0 unspecified atom stereocenters.